The number of hydrogen-bond donors (Lipinski definition) is 2. The predicted octanol–water partition coefficient (Wildman–Crippen LogP) is 2.91. The summed E-state index contributed by atoms with van der Waals surface area (Å²) in [7, 11) is 0. The van der Waals surface area contributed by atoms with Gasteiger partial charge in [-0.15, -0.1) is 11.6 Å². The number of carboxylic acids is 1. The van der Waals surface area contributed by atoms with Crippen LogP contribution in [-0.2, 0) is 5.88 Å². The van der Waals surface area contributed by atoms with Gasteiger partial charge in [0.1, 0.15) is 0 Å². The van der Waals surface area contributed by atoms with Gasteiger partial charge in [0.15, 0.2) is 0 Å². The molecule has 2 rings (SSSR count). The second-order valence-electron chi connectivity index (χ2n) is 3.45. The number of rotatable bonds is 2. The van der Waals surface area contributed by atoms with E-state index in [1.165, 1.54) is 6.07 Å². The molecule has 17 heavy (non-hydrogen) atoms. The first-order chi connectivity index (χ1) is 8.04. The van der Waals surface area contributed by atoms with E-state index in [1.807, 2.05) is 0 Å². The van der Waals surface area contributed by atoms with Crippen LogP contribution in [0.1, 0.15) is 16.1 Å². The second kappa shape index (κ2) is 4.39. The zero-order valence-corrected chi connectivity index (χ0v) is 10.1. The van der Waals surface area contributed by atoms with Gasteiger partial charge >= 0.3 is 5.97 Å². The van der Waals surface area contributed by atoms with Crippen LogP contribution in [0.3, 0.4) is 0 Å². The molecule has 0 atom stereocenters. The molecule has 0 aliphatic heterocycles. The maximum atomic E-state index is 11.2. The van der Waals surface area contributed by atoms with Crippen molar-refractivity contribution < 1.29 is 9.90 Å². The van der Waals surface area contributed by atoms with Crippen LogP contribution >= 0.6 is 23.2 Å². The molecule has 0 radical (unpaired) electrons. The van der Waals surface area contributed by atoms with Crippen LogP contribution < -0.4 is 5.73 Å². The summed E-state index contributed by atoms with van der Waals surface area (Å²) in [6.45, 7) is 0. The van der Waals surface area contributed by atoms with Crippen molar-refractivity contribution in [2.75, 3.05) is 5.73 Å². The Morgan fingerprint density at radius 2 is 2.18 bits per heavy atom. The number of halogens is 2. The zero-order valence-electron chi connectivity index (χ0n) is 8.58. The fourth-order valence-electron chi connectivity index (χ4n) is 1.63. The normalized spacial score (nSPS) is 10.7. The maximum absolute atomic E-state index is 11.2. The molecule has 0 fully saturated rings. The van der Waals surface area contributed by atoms with Crippen LogP contribution in [0, 0.1) is 0 Å². The van der Waals surface area contributed by atoms with E-state index in [4.69, 9.17) is 28.9 Å². The van der Waals surface area contributed by atoms with Gasteiger partial charge < -0.3 is 10.8 Å². The highest BCUT2D eigenvalue weighted by atomic mass is 35.5. The highest BCUT2D eigenvalue weighted by Gasteiger charge is 2.17. The lowest BCUT2D eigenvalue weighted by Gasteiger charge is -2.09. The Kier molecular flexibility index (Phi) is 3.09. The summed E-state index contributed by atoms with van der Waals surface area (Å²) >= 11 is 11.5. The van der Waals surface area contributed by atoms with Crippen molar-refractivity contribution >= 4 is 45.8 Å². The van der Waals surface area contributed by atoms with E-state index in [-0.39, 0.29) is 17.1 Å². The van der Waals surface area contributed by atoms with E-state index in [2.05, 4.69) is 4.98 Å². The minimum Gasteiger partial charge on any atom is -0.478 e. The van der Waals surface area contributed by atoms with E-state index in [0.29, 0.717) is 21.6 Å². The summed E-state index contributed by atoms with van der Waals surface area (Å²) in [6, 6.07) is 4.80. The molecule has 0 saturated carbocycles. The van der Waals surface area contributed by atoms with Crippen LogP contribution in [-0.4, -0.2) is 16.1 Å². The smallest absolute Gasteiger partial charge is 0.338 e. The molecule has 6 heteroatoms. The Hall–Kier alpha value is -1.52. The van der Waals surface area contributed by atoms with Crippen LogP contribution in [0.4, 0.5) is 5.69 Å². The van der Waals surface area contributed by atoms with Gasteiger partial charge in [0.25, 0.3) is 0 Å². The van der Waals surface area contributed by atoms with E-state index in [9.17, 15) is 9.90 Å². The van der Waals surface area contributed by atoms with Crippen LogP contribution in [0.25, 0.3) is 10.9 Å². The second-order valence-corrected chi connectivity index (χ2v) is 4.15. The van der Waals surface area contributed by atoms with Gasteiger partial charge in [-0.1, -0.05) is 11.6 Å². The summed E-state index contributed by atoms with van der Waals surface area (Å²) in [5.41, 5.74) is 6.69. The number of benzene rings is 1. The number of alkyl halides is 1. The minimum absolute atomic E-state index is 0.00634. The molecule has 0 unspecified atom stereocenters. The third-order valence-corrected chi connectivity index (χ3v) is 2.89. The number of aromatic nitrogens is 1. The Balaban J connectivity index is 2.92. The topological polar surface area (TPSA) is 76.2 Å². The molecule has 0 amide bonds. The highest BCUT2D eigenvalue weighted by Crippen LogP contribution is 2.28. The van der Waals surface area contributed by atoms with Crippen LogP contribution in [0.15, 0.2) is 18.2 Å². The average Bonchev–Trinajstić information content (AvgIpc) is 2.27. The summed E-state index contributed by atoms with van der Waals surface area (Å²) < 4.78 is 0. The average molecular weight is 271 g/mol. The van der Waals surface area contributed by atoms with Crippen molar-refractivity contribution in [3.63, 3.8) is 0 Å². The fourth-order valence-corrected chi connectivity index (χ4v) is 2.01. The zero-order chi connectivity index (χ0) is 12.6. The van der Waals surface area contributed by atoms with Crippen molar-refractivity contribution in [1.29, 1.82) is 0 Å². The van der Waals surface area contributed by atoms with Crippen LogP contribution in [0.2, 0.25) is 5.02 Å². The molecule has 0 aliphatic carbocycles. The predicted molar refractivity (Wildman–Crippen MR) is 67.7 cm³/mol. The molecule has 0 aliphatic rings. The molecule has 1 aromatic heterocycles. The Morgan fingerprint density at radius 3 is 2.76 bits per heavy atom. The van der Waals surface area contributed by atoms with Crippen LogP contribution in [0.5, 0.6) is 0 Å². The molecule has 2 aromatic rings. The monoisotopic (exact) mass is 270 g/mol. The van der Waals surface area contributed by atoms with Crippen molar-refractivity contribution in [1.82, 2.24) is 4.98 Å². The molecule has 0 spiro atoms. The van der Waals surface area contributed by atoms with Crippen molar-refractivity contribution in [2.45, 2.75) is 5.88 Å². The fraction of sp³-hybridized carbons (Fsp3) is 0.0909. The largest absolute Gasteiger partial charge is 0.478 e. The van der Waals surface area contributed by atoms with E-state index >= 15 is 0 Å². The molecular weight excluding hydrogens is 263 g/mol. The number of hydrogen-bond acceptors (Lipinski definition) is 3. The SMILES string of the molecule is Nc1c(CCl)nc2ccc(Cl)cc2c1C(=O)O. The Labute approximate surface area is 107 Å². The van der Waals surface area contributed by atoms with Crippen molar-refractivity contribution in [2.24, 2.45) is 0 Å². The summed E-state index contributed by atoms with van der Waals surface area (Å²) in [5.74, 6) is -1.06. The van der Waals surface area contributed by atoms with E-state index < -0.39 is 5.97 Å². The standard InChI is InChI=1S/C11H8Cl2N2O2/c12-4-8-10(14)9(11(16)17)6-3-5(13)1-2-7(6)15-8/h1-3H,4,14H2,(H,16,17). The van der Waals surface area contributed by atoms with Gasteiger partial charge in [-0.2, -0.15) is 0 Å². The molecule has 0 bridgehead atoms. The number of carbonyl (C=O) groups is 1. The molecule has 4 nitrogen and oxygen atoms in total. The highest BCUT2D eigenvalue weighted by molar-refractivity contribution is 6.31. The third-order valence-electron chi connectivity index (χ3n) is 2.40. The molecule has 1 aromatic carbocycles. The van der Waals surface area contributed by atoms with Gasteiger partial charge in [0.05, 0.1) is 28.3 Å². The maximum Gasteiger partial charge on any atom is 0.338 e. The van der Waals surface area contributed by atoms with Gasteiger partial charge in [-0.25, -0.2) is 9.78 Å². The van der Waals surface area contributed by atoms with Crippen molar-refractivity contribution in [3.05, 3.63) is 34.5 Å². The molecule has 0 saturated heterocycles. The number of pyridine rings is 1. The lowest BCUT2D eigenvalue weighted by Crippen LogP contribution is -2.08. The lowest BCUT2D eigenvalue weighted by atomic mass is 10.1. The summed E-state index contributed by atoms with van der Waals surface area (Å²) in [5, 5.41) is 10.0. The number of anilines is 1. The minimum atomic E-state index is -1.12. The number of nitrogens with two attached hydrogens (primary N) is 1. The Bertz CT molecular complexity index is 614. The number of fused-ring (bicyclic) bond motifs is 1. The molecule has 3 N–H and O–H groups in total. The summed E-state index contributed by atoms with van der Waals surface area (Å²) in [4.78, 5) is 15.4. The quantitative estimate of drug-likeness (QED) is 0.823. The number of aromatic carboxylic acids is 1. The first kappa shape index (κ1) is 12.0. The van der Waals surface area contributed by atoms with Gasteiger partial charge in [-0.3, -0.25) is 0 Å². The van der Waals surface area contributed by atoms with E-state index in [1.54, 1.807) is 12.1 Å². The van der Waals surface area contributed by atoms with Gasteiger partial charge in [0.2, 0.25) is 0 Å². The molecule has 1 heterocycles. The Morgan fingerprint density at radius 1 is 1.47 bits per heavy atom. The first-order valence-corrected chi connectivity index (χ1v) is 5.62. The number of nitrogens with zero attached hydrogens (tertiary/aromatic N) is 1. The molecule has 88 valence electrons. The first-order valence-electron chi connectivity index (χ1n) is 4.71. The van der Waals surface area contributed by atoms with Gasteiger partial charge in [-0.05, 0) is 18.2 Å². The molecular formula is C11H8Cl2N2O2. The lowest BCUT2D eigenvalue weighted by molar-refractivity contribution is 0.0700. The third kappa shape index (κ3) is 2.01. The number of nitrogen functional groups attached to an aromatic ring is 1. The number of carboxylic acid groups (broad SMARTS) is 1. The van der Waals surface area contributed by atoms with Crippen molar-refractivity contribution in [3.8, 4) is 0 Å². The van der Waals surface area contributed by atoms with Gasteiger partial charge in [0, 0.05) is 10.4 Å². The summed E-state index contributed by atoms with van der Waals surface area (Å²) in [6.07, 6.45) is 0. The van der Waals surface area contributed by atoms with E-state index in [0.717, 1.165) is 0 Å².